The first kappa shape index (κ1) is 13.9. The van der Waals surface area contributed by atoms with Crippen LogP contribution in [0, 0.1) is 0 Å². The highest BCUT2D eigenvalue weighted by molar-refractivity contribution is 5.84. The number of nitrogens with one attached hydrogen (secondary N) is 1. The van der Waals surface area contributed by atoms with Gasteiger partial charge in [-0.15, -0.1) is 0 Å². The fraction of sp³-hybridized carbons (Fsp3) is 0.778. The molecule has 0 unspecified atom stereocenters. The molecular formula is C9H17NO5. The van der Waals surface area contributed by atoms with Crippen molar-refractivity contribution in [1.29, 1.82) is 0 Å². The minimum absolute atomic E-state index is 0.00511. The van der Waals surface area contributed by atoms with Crippen LogP contribution in [0.3, 0.4) is 0 Å². The molecule has 0 aromatic carbocycles. The number of aliphatic carboxylic acids is 1. The lowest BCUT2D eigenvalue weighted by atomic mass is 10.2. The largest absolute Gasteiger partial charge is 0.480 e. The number of rotatable bonds is 8. The standard InChI is InChI=1S/C9H17NO5/c1-2-5-15-6-8(12)10-7(3-4-11)9(13)14/h7,11H,2-6H2,1H3,(H,10,12)(H,13,14)/t7-/m1/s1. The van der Waals surface area contributed by atoms with Crippen LogP contribution in [0.1, 0.15) is 19.8 Å². The second-order valence-corrected chi connectivity index (χ2v) is 3.02. The van der Waals surface area contributed by atoms with Crippen LogP contribution in [0.15, 0.2) is 0 Å². The first-order chi connectivity index (χ1) is 7.11. The molecule has 0 rings (SSSR count). The van der Waals surface area contributed by atoms with E-state index in [9.17, 15) is 9.59 Å². The molecule has 1 atom stereocenters. The third kappa shape index (κ3) is 6.87. The van der Waals surface area contributed by atoms with Crippen LogP contribution in [0.5, 0.6) is 0 Å². The van der Waals surface area contributed by atoms with Crippen molar-refractivity contribution in [2.24, 2.45) is 0 Å². The van der Waals surface area contributed by atoms with E-state index in [1.807, 2.05) is 6.92 Å². The van der Waals surface area contributed by atoms with Gasteiger partial charge in [-0.2, -0.15) is 0 Å². The van der Waals surface area contributed by atoms with Crippen molar-refractivity contribution < 1.29 is 24.5 Å². The average molecular weight is 219 g/mol. The van der Waals surface area contributed by atoms with Gasteiger partial charge < -0.3 is 20.3 Å². The Kier molecular flexibility index (Phi) is 7.57. The predicted octanol–water partition coefficient (Wildman–Crippen LogP) is -0.635. The lowest BCUT2D eigenvalue weighted by Gasteiger charge is -2.12. The molecule has 6 heteroatoms. The van der Waals surface area contributed by atoms with Gasteiger partial charge >= 0.3 is 5.97 Å². The van der Waals surface area contributed by atoms with Crippen molar-refractivity contribution >= 4 is 11.9 Å². The van der Waals surface area contributed by atoms with Crippen molar-refractivity contribution in [3.8, 4) is 0 Å². The van der Waals surface area contributed by atoms with E-state index < -0.39 is 17.9 Å². The Morgan fingerprint density at radius 1 is 1.47 bits per heavy atom. The number of hydrogen-bond acceptors (Lipinski definition) is 4. The van der Waals surface area contributed by atoms with Crippen LogP contribution in [0.4, 0.5) is 0 Å². The van der Waals surface area contributed by atoms with E-state index in [1.54, 1.807) is 0 Å². The SMILES string of the molecule is CCCOCC(=O)N[C@H](CCO)C(=O)O. The summed E-state index contributed by atoms with van der Waals surface area (Å²) in [6.45, 7) is 1.94. The molecule has 0 saturated carbocycles. The van der Waals surface area contributed by atoms with Crippen LogP contribution in [-0.4, -0.2) is 48.0 Å². The monoisotopic (exact) mass is 219 g/mol. The van der Waals surface area contributed by atoms with Gasteiger partial charge in [0.1, 0.15) is 12.6 Å². The van der Waals surface area contributed by atoms with E-state index in [4.69, 9.17) is 14.9 Å². The summed E-state index contributed by atoms with van der Waals surface area (Å²) in [6, 6.07) is -1.05. The second-order valence-electron chi connectivity index (χ2n) is 3.02. The summed E-state index contributed by atoms with van der Waals surface area (Å²) >= 11 is 0. The van der Waals surface area contributed by atoms with E-state index in [2.05, 4.69) is 5.32 Å². The van der Waals surface area contributed by atoms with Crippen molar-refractivity contribution in [2.45, 2.75) is 25.8 Å². The van der Waals surface area contributed by atoms with Crippen LogP contribution >= 0.6 is 0 Å². The smallest absolute Gasteiger partial charge is 0.326 e. The summed E-state index contributed by atoms with van der Waals surface area (Å²) in [5, 5.41) is 19.5. The first-order valence-corrected chi connectivity index (χ1v) is 4.82. The van der Waals surface area contributed by atoms with Gasteiger partial charge in [-0.25, -0.2) is 4.79 Å². The predicted molar refractivity (Wildman–Crippen MR) is 52.4 cm³/mol. The summed E-state index contributed by atoms with van der Waals surface area (Å²) in [7, 11) is 0. The third-order valence-electron chi connectivity index (χ3n) is 1.63. The van der Waals surface area contributed by atoms with Gasteiger partial charge in [0.2, 0.25) is 5.91 Å². The van der Waals surface area contributed by atoms with Crippen molar-refractivity contribution in [2.75, 3.05) is 19.8 Å². The molecule has 0 radical (unpaired) electrons. The summed E-state index contributed by atoms with van der Waals surface area (Å²) in [4.78, 5) is 21.7. The topological polar surface area (TPSA) is 95.9 Å². The molecule has 88 valence electrons. The minimum Gasteiger partial charge on any atom is -0.480 e. The molecule has 0 aromatic heterocycles. The molecule has 1 amide bonds. The number of hydrogen-bond donors (Lipinski definition) is 3. The lowest BCUT2D eigenvalue weighted by molar-refractivity contribution is -0.143. The normalized spacial score (nSPS) is 12.1. The van der Waals surface area contributed by atoms with Crippen LogP contribution in [0.2, 0.25) is 0 Å². The Bertz CT molecular complexity index is 207. The molecule has 0 aliphatic heterocycles. The molecule has 6 nitrogen and oxygen atoms in total. The fourth-order valence-corrected chi connectivity index (χ4v) is 0.932. The highest BCUT2D eigenvalue weighted by Gasteiger charge is 2.18. The number of ether oxygens (including phenoxy) is 1. The summed E-state index contributed by atoms with van der Waals surface area (Å²) in [5.41, 5.74) is 0. The number of aliphatic hydroxyl groups excluding tert-OH is 1. The molecule has 0 fully saturated rings. The molecular weight excluding hydrogens is 202 g/mol. The molecule has 0 aromatic rings. The highest BCUT2D eigenvalue weighted by atomic mass is 16.5. The maximum absolute atomic E-state index is 11.1. The number of carbonyl (C=O) groups is 2. The summed E-state index contributed by atoms with van der Waals surface area (Å²) in [5.74, 6) is -1.64. The highest BCUT2D eigenvalue weighted by Crippen LogP contribution is 1.91. The van der Waals surface area contributed by atoms with E-state index in [-0.39, 0.29) is 19.6 Å². The van der Waals surface area contributed by atoms with E-state index in [1.165, 1.54) is 0 Å². The first-order valence-electron chi connectivity index (χ1n) is 4.82. The molecule has 0 aliphatic rings. The Morgan fingerprint density at radius 2 is 2.13 bits per heavy atom. The molecule has 0 heterocycles. The molecule has 0 bridgehead atoms. The van der Waals surface area contributed by atoms with Gasteiger partial charge in [0.15, 0.2) is 0 Å². The molecule has 15 heavy (non-hydrogen) atoms. The third-order valence-corrected chi connectivity index (χ3v) is 1.63. The zero-order chi connectivity index (χ0) is 11.7. The van der Waals surface area contributed by atoms with Gasteiger partial charge in [0.25, 0.3) is 0 Å². The van der Waals surface area contributed by atoms with E-state index >= 15 is 0 Å². The van der Waals surface area contributed by atoms with E-state index in [0.29, 0.717) is 6.61 Å². The van der Waals surface area contributed by atoms with Gasteiger partial charge in [-0.3, -0.25) is 4.79 Å². The van der Waals surface area contributed by atoms with Crippen molar-refractivity contribution in [3.05, 3.63) is 0 Å². The molecule has 0 aliphatic carbocycles. The summed E-state index contributed by atoms with van der Waals surface area (Å²) in [6.07, 6.45) is 0.793. The van der Waals surface area contributed by atoms with Gasteiger partial charge in [0.05, 0.1) is 0 Å². The molecule has 0 saturated heterocycles. The zero-order valence-corrected chi connectivity index (χ0v) is 8.73. The lowest BCUT2D eigenvalue weighted by Crippen LogP contribution is -2.43. The van der Waals surface area contributed by atoms with Gasteiger partial charge in [0, 0.05) is 19.6 Å². The maximum Gasteiger partial charge on any atom is 0.326 e. The van der Waals surface area contributed by atoms with E-state index in [0.717, 1.165) is 6.42 Å². The Morgan fingerprint density at radius 3 is 2.60 bits per heavy atom. The maximum atomic E-state index is 11.1. The van der Waals surface area contributed by atoms with Crippen molar-refractivity contribution in [3.63, 3.8) is 0 Å². The van der Waals surface area contributed by atoms with Gasteiger partial charge in [-0.1, -0.05) is 6.92 Å². The quantitative estimate of drug-likeness (QED) is 0.472. The van der Waals surface area contributed by atoms with Crippen LogP contribution in [0.25, 0.3) is 0 Å². The van der Waals surface area contributed by atoms with Crippen LogP contribution < -0.4 is 5.32 Å². The minimum atomic E-state index is -1.16. The zero-order valence-electron chi connectivity index (χ0n) is 8.73. The Labute approximate surface area is 88.2 Å². The summed E-state index contributed by atoms with van der Waals surface area (Å²) < 4.78 is 4.94. The molecule has 3 N–H and O–H groups in total. The van der Waals surface area contributed by atoms with Crippen LogP contribution in [-0.2, 0) is 14.3 Å². The Hall–Kier alpha value is -1.14. The number of carbonyl (C=O) groups excluding carboxylic acids is 1. The van der Waals surface area contributed by atoms with Crippen molar-refractivity contribution in [1.82, 2.24) is 5.32 Å². The number of amides is 1. The number of carboxylic acids is 1. The average Bonchev–Trinajstić information content (AvgIpc) is 2.17. The van der Waals surface area contributed by atoms with Gasteiger partial charge in [-0.05, 0) is 6.42 Å². The Balaban J connectivity index is 3.84. The fourth-order valence-electron chi connectivity index (χ4n) is 0.932. The number of carboxylic acid groups (broad SMARTS) is 1. The second kappa shape index (κ2) is 8.19. The molecule has 0 spiro atoms. The number of aliphatic hydroxyl groups is 1.